The molecule has 0 atom stereocenters. The number of nitrogens with zero attached hydrogens (tertiary/aromatic N) is 4. The van der Waals surface area contributed by atoms with Crippen molar-refractivity contribution < 1.29 is 9.47 Å². The molecule has 0 aliphatic heterocycles. The van der Waals surface area contributed by atoms with Crippen LogP contribution in [0.4, 0.5) is 0 Å². The smallest absolute Gasteiger partial charge is 0.216 e. The van der Waals surface area contributed by atoms with E-state index >= 15 is 0 Å². The van der Waals surface area contributed by atoms with Gasteiger partial charge in [-0.2, -0.15) is 14.9 Å². The molecule has 3 aromatic rings. The molecule has 7 nitrogen and oxygen atoms in total. The molecule has 3 rings (SSSR count). The molecule has 0 radical (unpaired) electrons. The highest BCUT2D eigenvalue weighted by Gasteiger charge is 2.08. The molecule has 0 saturated heterocycles. The van der Waals surface area contributed by atoms with E-state index in [9.17, 15) is 0 Å². The predicted octanol–water partition coefficient (Wildman–Crippen LogP) is 2.90. The van der Waals surface area contributed by atoms with Crippen LogP contribution < -0.4 is 9.47 Å². The van der Waals surface area contributed by atoms with E-state index in [-0.39, 0.29) is 0 Å². The number of aromatic amines is 1. The SMILES string of the molecule is COc1ccc(OC)c(/C=N\n2c(-c3cccnc3)n[nH]c2=S)c1. The second-order valence-electron chi connectivity index (χ2n) is 4.76. The minimum absolute atomic E-state index is 0.381. The summed E-state index contributed by atoms with van der Waals surface area (Å²) < 4.78 is 12.5. The summed E-state index contributed by atoms with van der Waals surface area (Å²) in [6, 6.07) is 9.18. The normalized spacial score (nSPS) is 10.9. The van der Waals surface area contributed by atoms with E-state index in [0.717, 1.165) is 11.1 Å². The number of rotatable bonds is 5. The Labute approximate surface area is 143 Å². The summed E-state index contributed by atoms with van der Waals surface area (Å²) in [5, 5.41) is 11.4. The van der Waals surface area contributed by atoms with Crippen LogP contribution in [0.2, 0.25) is 0 Å². The Morgan fingerprint density at radius 3 is 2.83 bits per heavy atom. The Hall–Kier alpha value is -3.00. The van der Waals surface area contributed by atoms with Gasteiger partial charge in [0.05, 0.1) is 20.4 Å². The number of benzene rings is 1. The monoisotopic (exact) mass is 341 g/mol. The predicted molar refractivity (Wildman–Crippen MR) is 93.2 cm³/mol. The number of H-pyrrole nitrogens is 1. The van der Waals surface area contributed by atoms with E-state index in [1.54, 1.807) is 32.8 Å². The van der Waals surface area contributed by atoms with Gasteiger partial charge in [-0.05, 0) is 42.5 Å². The molecule has 8 heteroatoms. The minimum Gasteiger partial charge on any atom is -0.497 e. The molecule has 0 aliphatic rings. The van der Waals surface area contributed by atoms with Gasteiger partial charge in [0.2, 0.25) is 4.77 Å². The maximum Gasteiger partial charge on any atom is 0.216 e. The maximum absolute atomic E-state index is 5.34. The Balaban J connectivity index is 2.02. The van der Waals surface area contributed by atoms with Crippen LogP contribution in [0, 0.1) is 4.77 Å². The quantitative estimate of drug-likeness (QED) is 0.570. The zero-order valence-corrected chi connectivity index (χ0v) is 13.9. The van der Waals surface area contributed by atoms with E-state index in [1.807, 2.05) is 30.3 Å². The molecule has 1 N–H and O–H groups in total. The van der Waals surface area contributed by atoms with Crippen LogP contribution in [-0.2, 0) is 0 Å². The average molecular weight is 341 g/mol. The fourth-order valence-electron chi connectivity index (χ4n) is 2.14. The van der Waals surface area contributed by atoms with Gasteiger partial charge in [0, 0.05) is 23.5 Å². The summed E-state index contributed by atoms with van der Waals surface area (Å²) in [5.74, 6) is 1.96. The van der Waals surface area contributed by atoms with Gasteiger partial charge < -0.3 is 9.47 Å². The minimum atomic E-state index is 0.381. The first-order valence-corrected chi connectivity index (χ1v) is 7.48. The summed E-state index contributed by atoms with van der Waals surface area (Å²) in [6.07, 6.45) is 5.04. The van der Waals surface area contributed by atoms with Crippen LogP contribution in [0.3, 0.4) is 0 Å². The first-order valence-electron chi connectivity index (χ1n) is 7.07. The standard InChI is InChI=1S/C16H15N5O2S/c1-22-13-5-6-14(23-2)12(8-13)10-18-21-15(19-20-16(21)24)11-4-3-7-17-9-11/h3-10H,1-2H3,(H,20,24)/b18-10-. The molecular formula is C16H15N5O2S. The number of pyridine rings is 1. The maximum atomic E-state index is 5.34. The van der Waals surface area contributed by atoms with Gasteiger partial charge in [-0.15, -0.1) is 0 Å². The third-order valence-corrected chi connectivity index (χ3v) is 3.58. The molecule has 0 unspecified atom stereocenters. The molecule has 2 aromatic heterocycles. The fourth-order valence-corrected chi connectivity index (χ4v) is 2.32. The highest BCUT2D eigenvalue weighted by molar-refractivity contribution is 7.71. The van der Waals surface area contributed by atoms with E-state index in [0.29, 0.717) is 22.1 Å². The summed E-state index contributed by atoms with van der Waals surface area (Å²) in [7, 11) is 3.21. The average Bonchev–Trinajstić information content (AvgIpc) is 3.01. The number of methoxy groups -OCH3 is 2. The number of nitrogens with one attached hydrogen (secondary N) is 1. The van der Waals surface area contributed by atoms with Gasteiger partial charge in [0.1, 0.15) is 11.5 Å². The Kier molecular flexibility index (Phi) is 4.66. The molecule has 0 saturated carbocycles. The second-order valence-corrected chi connectivity index (χ2v) is 5.15. The van der Waals surface area contributed by atoms with Crippen LogP contribution in [0.1, 0.15) is 5.56 Å². The van der Waals surface area contributed by atoms with Crippen molar-refractivity contribution in [2.75, 3.05) is 14.2 Å². The summed E-state index contributed by atoms with van der Waals surface area (Å²) >= 11 is 5.25. The van der Waals surface area contributed by atoms with Crippen LogP contribution in [0.5, 0.6) is 11.5 Å². The molecule has 0 aliphatic carbocycles. The van der Waals surface area contributed by atoms with Crippen molar-refractivity contribution in [3.8, 4) is 22.9 Å². The van der Waals surface area contributed by atoms with Crippen molar-refractivity contribution in [2.24, 2.45) is 5.10 Å². The molecule has 0 bridgehead atoms. The first-order chi connectivity index (χ1) is 11.7. The van der Waals surface area contributed by atoms with Gasteiger partial charge in [-0.1, -0.05) is 0 Å². The van der Waals surface area contributed by atoms with Crippen molar-refractivity contribution in [1.29, 1.82) is 0 Å². The van der Waals surface area contributed by atoms with Crippen molar-refractivity contribution >= 4 is 18.4 Å². The Morgan fingerprint density at radius 1 is 1.25 bits per heavy atom. The molecule has 0 spiro atoms. The number of ether oxygens (including phenoxy) is 2. The van der Waals surface area contributed by atoms with E-state index in [1.165, 1.54) is 4.68 Å². The molecule has 2 heterocycles. The van der Waals surface area contributed by atoms with E-state index < -0.39 is 0 Å². The lowest BCUT2D eigenvalue weighted by molar-refractivity contribution is 0.402. The first kappa shape index (κ1) is 15.9. The molecule has 0 fully saturated rings. The molecule has 0 amide bonds. The lowest BCUT2D eigenvalue weighted by Gasteiger charge is -2.07. The van der Waals surface area contributed by atoms with Crippen molar-refractivity contribution in [1.82, 2.24) is 19.9 Å². The van der Waals surface area contributed by atoms with Crippen LogP contribution >= 0.6 is 12.2 Å². The third-order valence-electron chi connectivity index (χ3n) is 3.32. The lowest BCUT2D eigenvalue weighted by Crippen LogP contribution is -1.97. The van der Waals surface area contributed by atoms with Crippen LogP contribution in [0.15, 0.2) is 47.8 Å². The molecule has 122 valence electrons. The van der Waals surface area contributed by atoms with Gasteiger partial charge in [0.15, 0.2) is 5.82 Å². The Morgan fingerprint density at radius 2 is 2.12 bits per heavy atom. The largest absolute Gasteiger partial charge is 0.497 e. The molecule has 24 heavy (non-hydrogen) atoms. The number of aromatic nitrogens is 4. The Bertz CT molecular complexity index is 918. The van der Waals surface area contributed by atoms with Gasteiger partial charge in [-0.25, -0.2) is 5.10 Å². The van der Waals surface area contributed by atoms with Gasteiger partial charge in [-0.3, -0.25) is 4.98 Å². The second kappa shape index (κ2) is 7.05. The highest BCUT2D eigenvalue weighted by Crippen LogP contribution is 2.23. The molecular weight excluding hydrogens is 326 g/mol. The summed E-state index contributed by atoms with van der Waals surface area (Å²) in [4.78, 5) is 4.09. The third kappa shape index (κ3) is 3.18. The number of hydrogen-bond donors (Lipinski definition) is 1. The molecule has 1 aromatic carbocycles. The number of hydrogen-bond acceptors (Lipinski definition) is 6. The van der Waals surface area contributed by atoms with E-state index in [2.05, 4.69) is 20.3 Å². The zero-order valence-electron chi connectivity index (χ0n) is 13.1. The van der Waals surface area contributed by atoms with Crippen LogP contribution in [-0.4, -0.2) is 40.3 Å². The van der Waals surface area contributed by atoms with Crippen molar-refractivity contribution in [3.63, 3.8) is 0 Å². The van der Waals surface area contributed by atoms with Gasteiger partial charge >= 0.3 is 0 Å². The van der Waals surface area contributed by atoms with Crippen LogP contribution in [0.25, 0.3) is 11.4 Å². The van der Waals surface area contributed by atoms with Gasteiger partial charge in [0.25, 0.3) is 0 Å². The summed E-state index contributed by atoms with van der Waals surface area (Å²) in [6.45, 7) is 0. The van der Waals surface area contributed by atoms with Crippen molar-refractivity contribution in [2.45, 2.75) is 0 Å². The topological polar surface area (TPSA) is 77.3 Å². The van der Waals surface area contributed by atoms with Crippen molar-refractivity contribution in [3.05, 3.63) is 53.1 Å². The lowest BCUT2D eigenvalue weighted by atomic mass is 10.2. The zero-order chi connectivity index (χ0) is 16.9. The summed E-state index contributed by atoms with van der Waals surface area (Å²) in [5.41, 5.74) is 1.57. The highest BCUT2D eigenvalue weighted by atomic mass is 32.1. The van der Waals surface area contributed by atoms with E-state index in [4.69, 9.17) is 21.7 Å². The fraction of sp³-hybridized carbons (Fsp3) is 0.125.